The van der Waals surface area contributed by atoms with Gasteiger partial charge < -0.3 is 19.5 Å². The molecule has 0 atom stereocenters. The quantitative estimate of drug-likeness (QED) is 0.305. The number of nitrogens with zero attached hydrogens (tertiary/aromatic N) is 5. The molecule has 10 heteroatoms. The summed E-state index contributed by atoms with van der Waals surface area (Å²) in [7, 11) is 0. The van der Waals surface area contributed by atoms with Gasteiger partial charge >= 0.3 is 0 Å². The first kappa shape index (κ1) is 30.1. The molecule has 244 valence electrons. The fourth-order valence-corrected chi connectivity index (χ4v) is 8.31. The molecule has 0 unspecified atom stereocenters. The van der Waals surface area contributed by atoms with Crippen LogP contribution >= 0.6 is 0 Å². The van der Waals surface area contributed by atoms with Crippen molar-refractivity contribution in [2.24, 2.45) is 0 Å². The van der Waals surface area contributed by atoms with E-state index >= 15 is 0 Å². The van der Waals surface area contributed by atoms with Gasteiger partial charge in [-0.25, -0.2) is 0 Å². The lowest BCUT2D eigenvalue weighted by Crippen LogP contribution is -2.50. The van der Waals surface area contributed by atoms with Crippen LogP contribution in [-0.4, -0.2) is 87.0 Å². The van der Waals surface area contributed by atoms with Crippen LogP contribution in [0, 0.1) is 0 Å². The molecule has 4 aromatic rings. The van der Waals surface area contributed by atoms with Gasteiger partial charge in [0, 0.05) is 59.8 Å². The summed E-state index contributed by atoms with van der Waals surface area (Å²) in [5, 5.41) is 14.5. The summed E-state index contributed by atoms with van der Waals surface area (Å²) in [6.07, 6.45) is 11.8. The van der Waals surface area contributed by atoms with Gasteiger partial charge in [-0.05, 0) is 60.9 Å². The maximum absolute atomic E-state index is 14.4. The smallest absolute Gasteiger partial charge is 0.251 e. The predicted molar refractivity (Wildman–Crippen MR) is 181 cm³/mol. The Kier molecular flexibility index (Phi) is 8.37. The molecular formula is C37H43N7O3. The highest BCUT2D eigenvalue weighted by Crippen LogP contribution is 2.46. The van der Waals surface area contributed by atoms with Crippen LogP contribution in [0.2, 0.25) is 0 Å². The fraction of sp³-hybridized carbons (Fsp3) is 0.459. The third kappa shape index (κ3) is 5.89. The molecule has 2 aromatic heterocycles. The zero-order valence-corrected chi connectivity index (χ0v) is 26.9. The van der Waals surface area contributed by atoms with Gasteiger partial charge in [0.1, 0.15) is 0 Å². The minimum Gasteiger partial charge on any atom is -0.379 e. The van der Waals surface area contributed by atoms with Crippen LogP contribution in [0.4, 0.5) is 0 Å². The normalized spacial score (nSPS) is 19.6. The number of carbonyl (C=O) groups excluding carboxylic acids is 2. The van der Waals surface area contributed by atoms with Crippen molar-refractivity contribution in [2.45, 2.75) is 70.0 Å². The van der Waals surface area contributed by atoms with Gasteiger partial charge in [-0.2, -0.15) is 0 Å². The summed E-state index contributed by atoms with van der Waals surface area (Å²) in [5.74, 6) is 0.413. The number of benzene rings is 2. The van der Waals surface area contributed by atoms with Gasteiger partial charge in [-0.15, -0.1) is 5.10 Å². The van der Waals surface area contributed by atoms with Crippen LogP contribution in [0.1, 0.15) is 78.0 Å². The number of aromatic nitrogens is 4. The van der Waals surface area contributed by atoms with E-state index in [0.717, 1.165) is 93.0 Å². The topological polar surface area (TPSA) is 108 Å². The molecule has 4 aliphatic rings. The number of fused-ring (bicyclic) bond motifs is 5. The fourth-order valence-electron chi connectivity index (χ4n) is 8.31. The van der Waals surface area contributed by atoms with E-state index in [4.69, 9.17) is 4.74 Å². The summed E-state index contributed by atoms with van der Waals surface area (Å²) in [6, 6.07) is 15.1. The van der Waals surface area contributed by atoms with Gasteiger partial charge in [0.2, 0.25) is 0 Å². The number of piperidine rings is 1. The van der Waals surface area contributed by atoms with Crippen LogP contribution in [0.15, 0.2) is 54.2 Å². The molecule has 3 aliphatic heterocycles. The molecule has 2 aromatic carbocycles. The first-order chi connectivity index (χ1) is 23.1. The van der Waals surface area contributed by atoms with E-state index in [2.05, 4.69) is 71.5 Å². The van der Waals surface area contributed by atoms with Crippen molar-refractivity contribution >= 4 is 28.8 Å². The Morgan fingerprint density at radius 1 is 0.957 bits per heavy atom. The molecule has 0 radical (unpaired) electrons. The number of rotatable bonds is 6. The van der Waals surface area contributed by atoms with Gasteiger partial charge in [0.05, 0.1) is 43.9 Å². The molecule has 10 nitrogen and oxygen atoms in total. The van der Waals surface area contributed by atoms with Gasteiger partial charge in [0.15, 0.2) is 0 Å². The Bertz CT molecular complexity index is 1790. The Hall–Kier alpha value is -4.28. The summed E-state index contributed by atoms with van der Waals surface area (Å²) in [5.41, 5.74) is 7.98. The lowest BCUT2D eigenvalue weighted by Gasteiger charge is -2.40. The van der Waals surface area contributed by atoms with Crippen molar-refractivity contribution in [3.05, 3.63) is 76.6 Å². The molecule has 0 bridgehead atoms. The molecule has 0 spiro atoms. The van der Waals surface area contributed by atoms with E-state index < -0.39 is 0 Å². The first-order valence-electron chi connectivity index (χ1n) is 17.3. The maximum atomic E-state index is 14.4. The van der Waals surface area contributed by atoms with Crippen LogP contribution in [0.3, 0.4) is 0 Å². The third-order valence-electron chi connectivity index (χ3n) is 10.7. The van der Waals surface area contributed by atoms with Gasteiger partial charge in [-0.1, -0.05) is 54.8 Å². The average molecular weight is 634 g/mol. The zero-order valence-electron chi connectivity index (χ0n) is 26.9. The SMILES string of the molecule is O=C(NCc1cnn[nH]1)c1ccc2c(C3CCCCC3)c3n(c2c1)CC(C(=O)N1CCC(N2CCOCC2)CC1)=Cc1ccccc1-3. The van der Waals surface area contributed by atoms with E-state index in [1.807, 2.05) is 12.1 Å². The van der Waals surface area contributed by atoms with Crippen molar-refractivity contribution in [3.8, 4) is 11.3 Å². The molecule has 8 rings (SSSR count). The number of hydrogen-bond donors (Lipinski definition) is 2. The molecule has 2 saturated heterocycles. The number of nitrogens with one attached hydrogen (secondary N) is 2. The monoisotopic (exact) mass is 633 g/mol. The molecule has 1 saturated carbocycles. The highest BCUT2D eigenvalue weighted by Gasteiger charge is 2.33. The number of amides is 2. The van der Waals surface area contributed by atoms with Crippen molar-refractivity contribution in [1.29, 1.82) is 0 Å². The van der Waals surface area contributed by atoms with E-state index in [1.54, 1.807) is 6.20 Å². The van der Waals surface area contributed by atoms with Gasteiger partial charge in [-0.3, -0.25) is 19.6 Å². The number of aromatic amines is 1. The van der Waals surface area contributed by atoms with Crippen LogP contribution in [0.5, 0.6) is 0 Å². The minimum atomic E-state index is -0.153. The van der Waals surface area contributed by atoms with Crippen molar-refractivity contribution in [2.75, 3.05) is 39.4 Å². The Labute approximate surface area is 275 Å². The zero-order chi connectivity index (χ0) is 31.7. The second-order valence-corrected chi connectivity index (χ2v) is 13.5. The minimum absolute atomic E-state index is 0.121. The molecule has 2 amide bonds. The Morgan fingerprint density at radius 2 is 1.77 bits per heavy atom. The van der Waals surface area contributed by atoms with E-state index in [1.165, 1.54) is 35.9 Å². The van der Waals surface area contributed by atoms with Crippen molar-refractivity contribution in [3.63, 3.8) is 0 Å². The molecule has 1 aliphatic carbocycles. The van der Waals surface area contributed by atoms with E-state index in [0.29, 0.717) is 30.6 Å². The van der Waals surface area contributed by atoms with E-state index in [9.17, 15) is 9.59 Å². The largest absolute Gasteiger partial charge is 0.379 e. The molecule has 47 heavy (non-hydrogen) atoms. The summed E-state index contributed by atoms with van der Waals surface area (Å²) < 4.78 is 7.91. The summed E-state index contributed by atoms with van der Waals surface area (Å²) >= 11 is 0. The second-order valence-electron chi connectivity index (χ2n) is 13.5. The molecular weight excluding hydrogens is 590 g/mol. The van der Waals surface area contributed by atoms with Gasteiger partial charge in [0.25, 0.3) is 11.8 Å². The lowest BCUT2D eigenvalue weighted by atomic mass is 9.81. The Balaban J connectivity index is 1.16. The number of H-pyrrole nitrogens is 1. The molecule has 2 N–H and O–H groups in total. The number of hydrogen-bond acceptors (Lipinski definition) is 6. The second kappa shape index (κ2) is 13.1. The molecule has 3 fully saturated rings. The lowest BCUT2D eigenvalue weighted by molar-refractivity contribution is -0.129. The maximum Gasteiger partial charge on any atom is 0.251 e. The average Bonchev–Trinajstić information content (AvgIpc) is 3.73. The Morgan fingerprint density at radius 3 is 2.55 bits per heavy atom. The van der Waals surface area contributed by atoms with Crippen LogP contribution in [-0.2, 0) is 22.6 Å². The summed E-state index contributed by atoms with van der Waals surface area (Å²) in [6.45, 7) is 5.88. The number of likely N-dealkylation sites (tertiary alicyclic amines) is 1. The first-order valence-corrected chi connectivity index (χ1v) is 17.3. The number of ether oxygens (including phenoxy) is 1. The number of carbonyl (C=O) groups is 2. The van der Waals surface area contributed by atoms with Crippen molar-refractivity contribution < 1.29 is 14.3 Å². The van der Waals surface area contributed by atoms with Crippen LogP contribution < -0.4 is 5.32 Å². The standard InChI is InChI=1S/C37H43N7O3/c45-36(38-22-29-23-39-41-40-29)27-10-11-32-33(21-27)44-24-28(37(46)43-14-12-30(13-15-43)42-16-18-47-19-17-42)20-26-8-4-5-9-31(26)35(44)34(32)25-6-2-1-3-7-25/h4-5,8-11,20-21,23,25,30H,1-3,6-7,12-19,22,24H2,(H,38,45)(H,39,40,41). The highest BCUT2D eigenvalue weighted by atomic mass is 16.5. The number of morpholine rings is 1. The van der Waals surface area contributed by atoms with Crippen molar-refractivity contribution in [1.82, 2.24) is 35.1 Å². The predicted octanol–water partition coefficient (Wildman–Crippen LogP) is 5.12. The van der Waals surface area contributed by atoms with E-state index in [-0.39, 0.29) is 11.8 Å². The molecule has 5 heterocycles. The summed E-state index contributed by atoms with van der Waals surface area (Å²) in [4.78, 5) is 32.3. The third-order valence-corrected chi connectivity index (χ3v) is 10.7. The highest BCUT2D eigenvalue weighted by molar-refractivity contribution is 6.04. The van der Waals surface area contributed by atoms with Crippen LogP contribution in [0.25, 0.3) is 28.2 Å².